The molecule has 0 saturated carbocycles. The number of fused-ring (bicyclic) bond motifs is 1. The molecule has 3 aromatic carbocycles. The van der Waals surface area contributed by atoms with Gasteiger partial charge in [-0.25, -0.2) is 15.0 Å². The number of benzene rings is 3. The van der Waals surface area contributed by atoms with Crippen LogP contribution in [0.1, 0.15) is 5.56 Å². The highest BCUT2D eigenvalue weighted by Crippen LogP contribution is 2.34. The van der Waals surface area contributed by atoms with Crippen molar-refractivity contribution in [2.75, 3.05) is 36.5 Å². The van der Waals surface area contributed by atoms with Crippen LogP contribution in [-0.2, 0) is 4.74 Å². The van der Waals surface area contributed by atoms with Gasteiger partial charge in [0, 0.05) is 47.8 Å². The van der Waals surface area contributed by atoms with Crippen molar-refractivity contribution in [2.45, 2.75) is 0 Å². The highest BCUT2D eigenvalue weighted by atomic mass is 32.1. The lowest BCUT2D eigenvalue weighted by Gasteiger charge is -2.29. The van der Waals surface area contributed by atoms with E-state index < -0.39 is 0 Å². The minimum Gasteiger partial charge on any atom is -0.378 e. The van der Waals surface area contributed by atoms with Gasteiger partial charge in [-0.15, -0.1) is 11.3 Å². The minimum atomic E-state index is 0.515. The van der Waals surface area contributed by atoms with Gasteiger partial charge < -0.3 is 19.8 Å². The lowest BCUT2D eigenvalue weighted by Crippen LogP contribution is -2.36. The lowest BCUT2D eigenvalue weighted by atomic mass is 10.1. The van der Waals surface area contributed by atoms with Crippen LogP contribution in [0.2, 0.25) is 0 Å². The van der Waals surface area contributed by atoms with Crippen LogP contribution >= 0.6 is 11.3 Å². The number of imidazole rings is 1. The van der Waals surface area contributed by atoms with Crippen molar-refractivity contribution in [1.29, 1.82) is 0 Å². The van der Waals surface area contributed by atoms with Gasteiger partial charge in [-0.05, 0) is 48.0 Å². The van der Waals surface area contributed by atoms with Crippen LogP contribution < -0.4 is 15.1 Å². The van der Waals surface area contributed by atoms with Crippen LogP contribution in [0, 0.1) is 0 Å². The molecule has 0 radical (unpaired) electrons. The third-order valence-electron chi connectivity index (χ3n) is 6.90. The van der Waals surface area contributed by atoms with Gasteiger partial charge in [0.15, 0.2) is 10.7 Å². The fourth-order valence-corrected chi connectivity index (χ4v) is 5.62. The van der Waals surface area contributed by atoms with Gasteiger partial charge in [0.2, 0.25) is 5.95 Å². The second-order valence-electron chi connectivity index (χ2n) is 9.67. The summed E-state index contributed by atoms with van der Waals surface area (Å²) < 4.78 is 7.58. The molecule has 10 heteroatoms. The van der Waals surface area contributed by atoms with E-state index >= 15 is 0 Å². The van der Waals surface area contributed by atoms with Gasteiger partial charge >= 0.3 is 0 Å². The largest absolute Gasteiger partial charge is 0.378 e. The number of oxime groups is 1. The van der Waals surface area contributed by atoms with E-state index in [-0.39, 0.29) is 0 Å². The number of thiazole rings is 1. The Bertz CT molecular complexity index is 1840. The molecule has 0 atom stereocenters. The molecule has 9 nitrogen and oxygen atoms in total. The standard InChI is InChI=1S/C32H27N7O2S/c1-2-10-27(11-3-1)41-34-22-23-6-4-7-24(20-23)29-30(39-16-19-42-32(39)37-29)28-12-13-33-31(36-28)35-25-8-5-9-26(21-25)38-14-17-40-18-15-38/h1-13,16,19-22H,14-15,17-18H2,(H,33,35,36). The highest BCUT2D eigenvalue weighted by Gasteiger charge is 2.19. The zero-order valence-electron chi connectivity index (χ0n) is 22.6. The maximum atomic E-state index is 5.51. The average molecular weight is 574 g/mol. The van der Waals surface area contributed by atoms with Crippen molar-refractivity contribution >= 4 is 39.8 Å². The molecule has 3 aromatic heterocycles. The first-order chi connectivity index (χ1) is 20.8. The summed E-state index contributed by atoms with van der Waals surface area (Å²) in [7, 11) is 0. The normalized spacial score (nSPS) is 13.6. The molecule has 1 aliphatic rings. The van der Waals surface area contributed by atoms with E-state index in [4.69, 9.17) is 19.5 Å². The van der Waals surface area contributed by atoms with E-state index in [1.165, 1.54) is 0 Å². The van der Waals surface area contributed by atoms with Crippen molar-refractivity contribution in [3.63, 3.8) is 0 Å². The number of hydrogen-bond donors (Lipinski definition) is 1. The Morgan fingerprint density at radius 1 is 0.929 bits per heavy atom. The Morgan fingerprint density at radius 3 is 2.71 bits per heavy atom. The number of anilines is 3. The van der Waals surface area contributed by atoms with Crippen molar-refractivity contribution in [3.8, 4) is 28.4 Å². The van der Waals surface area contributed by atoms with Crippen LogP contribution in [0.25, 0.3) is 27.6 Å². The summed E-state index contributed by atoms with van der Waals surface area (Å²) in [5, 5.41) is 9.58. The Labute approximate surface area is 246 Å². The monoisotopic (exact) mass is 573 g/mol. The Kier molecular flexibility index (Phi) is 7.28. The van der Waals surface area contributed by atoms with Crippen LogP contribution in [0.15, 0.2) is 108 Å². The topological polar surface area (TPSA) is 89.2 Å². The number of nitrogens with one attached hydrogen (secondary N) is 1. The molecular weight excluding hydrogens is 546 g/mol. The maximum Gasteiger partial charge on any atom is 0.227 e. The highest BCUT2D eigenvalue weighted by molar-refractivity contribution is 7.15. The number of para-hydroxylation sites is 1. The molecule has 4 heterocycles. The van der Waals surface area contributed by atoms with Crippen molar-refractivity contribution in [3.05, 3.63) is 108 Å². The summed E-state index contributed by atoms with van der Waals surface area (Å²) in [6.45, 7) is 3.24. The molecule has 0 aliphatic carbocycles. The van der Waals surface area contributed by atoms with E-state index in [2.05, 4.69) is 36.9 Å². The molecule has 1 aliphatic heterocycles. The smallest absolute Gasteiger partial charge is 0.227 e. The summed E-state index contributed by atoms with van der Waals surface area (Å²) in [5.74, 6) is 1.20. The van der Waals surface area contributed by atoms with E-state index in [1.54, 1.807) is 23.7 Å². The zero-order chi connectivity index (χ0) is 28.1. The molecule has 0 spiro atoms. The maximum absolute atomic E-state index is 5.51. The van der Waals surface area contributed by atoms with Crippen LogP contribution in [-0.4, -0.2) is 51.9 Å². The molecule has 6 aromatic rings. The van der Waals surface area contributed by atoms with Gasteiger partial charge in [-0.3, -0.25) is 4.40 Å². The van der Waals surface area contributed by atoms with E-state index in [0.717, 1.165) is 70.8 Å². The second kappa shape index (κ2) is 11.8. The van der Waals surface area contributed by atoms with Crippen LogP contribution in [0.3, 0.4) is 0 Å². The van der Waals surface area contributed by atoms with Crippen LogP contribution in [0.4, 0.5) is 17.3 Å². The summed E-state index contributed by atoms with van der Waals surface area (Å²) in [6.07, 6.45) is 5.49. The summed E-state index contributed by atoms with van der Waals surface area (Å²) in [6, 6.07) is 27.8. The number of hydrogen-bond acceptors (Lipinski definition) is 9. The zero-order valence-corrected chi connectivity index (χ0v) is 23.4. The van der Waals surface area contributed by atoms with E-state index in [0.29, 0.717) is 11.7 Å². The average Bonchev–Trinajstić information content (AvgIpc) is 3.65. The molecule has 0 bridgehead atoms. The molecule has 0 unspecified atom stereocenters. The van der Waals surface area contributed by atoms with Crippen LogP contribution in [0.5, 0.6) is 5.75 Å². The van der Waals surface area contributed by atoms with Gasteiger partial charge in [-0.1, -0.05) is 47.6 Å². The molecular formula is C32H27N7O2S. The van der Waals surface area contributed by atoms with Gasteiger partial charge in [-0.2, -0.15) is 0 Å². The quantitative estimate of drug-likeness (QED) is 0.164. The number of aromatic nitrogens is 4. The van der Waals surface area contributed by atoms with Crippen molar-refractivity contribution in [1.82, 2.24) is 19.4 Å². The molecule has 0 amide bonds. The molecule has 208 valence electrons. The summed E-state index contributed by atoms with van der Waals surface area (Å²) in [5.41, 5.74) is 6.43. The second-order valence-corrected chi connectivity index (χ2v) is 10.5. The van der Waals surface area contributed by atoms with E-state index in [9.17, 15) is 0 Å². The third kappa shape index (κ3) is 5.58. The lowest BCUT2D eigenvalue weighted by molar-refractivity contribution is 0.122. The minimum absolute atomic E-state index is 0.515. The predicted molar refractivity (Wildman–Crippen MR) is 167 cm³/mol. The molecule has 42 heavy (non-hydrogen) atoms. The first-order valence-electron chi connectivity index (χ1n) is 13.6. The summed E-state index contributed by atoms with van der Waals surface area (Å²) >= 11 is 1.58. The van der Waals surface area contributed by atoms with Gasteiger partial charge in [0.25, 0.3) is 0 Å². The predicted octanol–water partition coefficient (Wildman–Crippen LogP) is 6.51. The Balaban J connectivity index is 1.18. The fourth-order valence-electron chi connectivity index (χ4n) is 4.91. The van der Waals surface area contributed by atoms with Gasteiger partial charge in [0.05, 0.1) is 30.8 Å². The molecule has 1 saturated heterocycles. The Hall–Kier alpha value is -5.06. The number of morpholine rings is 1. The van der Waals surface area contributed by atoms with E-state index in [1.807, 2.05) is 84.4 Å². The number of rotatable bonds is 8. The van der Waals surface area contributed by atoms with Gasteiger partial charge in [0.1, 0.15) is 5.69 Å². The SMILES string of the molecule is C(=NOc1ccccc1)c1cccc(-c2nc3sccn3c2-c2ccnc(Nc3cccc(N4CCOCC4)c3)n2)c1. The molecule has 1 N–H and O–H groups in total. The van der Waals surface area contributed by atoms with Crippen molar-refractivity contribution < 1.29 is 9.57 Å². The molecule has 7 rings (SSSR count). The third-order valence-corrected chi connectivity index (χ3v) is 7.66. The first-order valence-corrected chi connectivity index (χ1v) is 14.5. The van der Waals surface area contributed by atoms with Crippen molar-refractivity contribution in [2.24, 2.45) is 5.16 Å². The number of ether oxygens (including phenoxy) is 1. The summed E-state index contributed by atoms with van der Waals surface area (Å²) in [4.78, 5) is 23.1. The molecule has 1 fully saturated rings. The first kappa shape index (κ1) is 25.9. The Morgan fingerprint density at radius 2 is 1.81 bits per heavy atom. The fraction of sp³-hybridized carbons (Fsp3) is 0.125. The number of nitrogens with zero attached hydrogens (tertiary/aromatic N) is 6.